The summed E-state index contributed by atoms with van der Waals surface area (Å²) in [5, 5.41) is 11.0. The molecule has 9 heteroatoms. The fourth-order valence-electron chi connectivity index (χ4n) is 0.932. The molecule has 6 nitrogen and oxygen atoms in total. The van der Waals surface area contributed by atoms with E-state index in [1.807, 2.05) is 5.43 Å². The summed E-state index contributed by atoms with van der Waals surface area (Å²) in [5.74, 6) is 4.52. The first-order valence-corrected chi connectivity index (χ1v) is 4.25. The van der Waals surface area contributed by atoms with Gasteiger partial charge in [0.1, 0.15) is 5.82 Å². The molecule has 16 heavy (non-hydrogen) atoms. The van der Waals surface area contributed by atoms with Crippen molar-refractivity contribution in [2.24, 2.45) is 5.84 Å². The summed E-state index contributed by atoms with van der Waals surface area (Å²) >= 11 is 0. The van der Waals surface area contributed by atoms with Crippen molar-refractivity contribution in [1.82, 2.24) is 9.97 Å². The maximum absolute atomic E-state index is 12.4. The number of anilines is 2. The van der Waals surface area contributed by atoms with E-state index in [-0.39, 0.29) is 24.9 Å². The second kappa shape index (κ2) is 4.94. The molecule has 1 aromatic heterocycles. The number of hydrazine groups is 1. The smallest absolute Gasteiger partial charge is 0.395 e. The molecule has 1 rings (SSSR count). The minimum atomic E-state index is -4.58. The van der Waals surface area contributed by atoms with Crippen molar-refractivity contribution >= 4 is 11.8 Å². The van der Waals surface area contributed by atoms with Crippen molar-refractivity contribution in [3.63, 3.8) is 0 Å². The molecule has 0 aliphatic rings. The lowest BCUT2D eigenvalue weighted by Crippen LogP contribution is -2.17. The second-order valence-corrected chi connectivity index (χ2v) is 2.75. The van der Waals surface area contributed by atoms with Gasteiger partial charge in [-0.15, -0.1) is 0 Å². The Morgan fingerprint density at radius 2 is 2.06 bits per heavy atom. The number of nitrogens with one attached hydrogen (secondary N) is 2. The Balaban J connectivity index is 3.01. The van der Waals surface area contributed by atoms with E-state index < -0.39 is 11.9 Å². The van der Waals surface area contributed by atoms with Crippen LogP contribution in [0.3, 0.4) is 0 Å². The highest BCUT2D eigenvalue weighted by Gasteiger charge is 2.33. The average molecular weight is 237 g/mol. The highest BCUT2D eigenvalue weighted by molar-refractivity contribution is 5.42. The lowest BCUT2D eigenvalue weighted by Gasteiger charge is -2.10. The zero-order valence-electron chi connectivity index (χ0n) is 8.04. The third kappa shape index (κ3) is 3.21. The normalized spacial score (nSPS) is 11.3. The number of aromatic nitrogens is 2. The van der Waals surface area contributed by atoms with E-state index in [2.05, 4.69) is 15.3 Å². The van der Waals surface area contributed by atoms with Gasteiger partial charge in [-0.3, -0.25) is 5.43 Å². The third-order valence-corrected chi connectivity index (χ3v) is 1.56. The van der Waals surface area contributed by atoms with Crippen LogP contribution in [0, 0.1) is 0 Å². The Morgan fingerprint density at radius 3 is 2.56 bits per heavy atom. The number of halogens is 3. The van der Waals surface area contributed by atoms with Gasteiger partial charge in [-0.05, 0) is 0 Å². The highest BCUT2D eigenvalue weighted by atomic mass is 19.4. The van der Waals surface area contributed by atoms with Gasteiger partial charge in [0.2, 0.25) is 5.95 Å². The summed E-state index contributed by atoms with van der Waals surface area (Å²) in [7, 11) is 0. The standard InChI is InChI=1S/C7H10F3N5O/c8-7(9,10)4-3-5(12-1-2-16)14-6(13-4)15-11/h3,16H,1-2,11H2,(H2,12,13,14,15). The molecular formula is C7H10F3N5O. The molecule has 0 radical (unpaired) electrons. The van der Waals surface area contributed by atoms with Crippen LogP contribution in [0.25, 0.3) is 0 Å². The summed E-state index contributed by atoms with van der Waals surface area (Å²) in [6.07, 6.45) is -4.58. The van der Waals surface area contributed by atoms with Crippen molar-refractivity contribution in [1.29, 1.82) is 0 Å². The third-order valence-electron chi connectivity index (χ3n) is 1.56. The Labute approximate surface area is 88.7 Å². The van der Waals surface area contributed by atoms with E-state index in [4.69, 9.17) is 10.9 Å². The fraction of sp³-hybridized carbons (Fsp3) is 0.429. The summed E-state index contributed by atoms with van der Waals surface area (Å²) in [5.41, 5.74) is 0.817. The van der Waals surface area contributed by atoms with Gasteiger partial charge in [-0.25, -0.2) is 10.8 Å². The lowest BCUT2D eigenvalue weighted by molar-refractivity contribution is -0.141. The monoisotopic (exact) mass is 237 g/mol. The van der Waals surface area contributed by atoms with Crippen LogP contribution in [0.4, 0.5) is 24.9 Å². The fourth-order valence-corrected chi connectivity index (χ4v) is 0.932. The molecule has 5 N–H and O–H groups in total. The van der Waals surface area contributed by atoms with Crippen molar-refractivity contribution in [3.8, 4) is 0 Å². The van der Waals surface area contributed by atoms with E-state index in [9.17, 15) is 13.2 Å². The largest absolute Gasteiger partial charge is 0.433 e. The molecule has 0 unspecified atom stereocenters. The quantitative estimate of drug-likeness (QED) is 0.441. The predicted molar refractivity (Wildman–Crippen MR) is 50.4 cm³/mol. The SMILES string of the molecule is NNc1nc(NCCO)cc(C(F)(F)F)n1. The van der Waals surface area contributed by atoms with Gasteiger partial charge in [-0.2, -0.15) is 18.2 Å². The number of nitrogen functional groups attached to an aromatic ring is 1. The zero-order chi connectivity index (χ0) is 12.2. The van der Waals surface area contributed by atoms with Crippen molar-refractivity contribution in [3.05, 3.63) is 11.8 Å². The maximum atomic E-state index is 12.4. The first kappa shape index (κ1) is 12.5. The number of rotatable bonds is 4. The summed E-state index contributed by atoms with van der Waals surface area (Å²) in [4.78, 5) is 6.79. The minimum absolute atomic E-state index is 0.0654. The minimum Gasteiger partial charge on any atom is -0.395 e. The topological polar surface area (TPSA) is 96.1 Å². The molecule has 0 fully saturated rings. The number of hydrogen-bond donors (Lipinski definition) is 4. The van der Waals surface area contributed by atoms with Crippen molar-refractivity contribution in [2.75, 3.05) is 23.9 Å². The van der Waals surface area contributed by atoms with Crippen LogP contribution < -0.4 is 16.6 Å². The second-order valence-electron chi connectivity index (χ2n) is 2.75. The van der Waals surface area contributed by atoms with E-state index in [1.165, 1.54) is 0 Å². The van der Waals surface area contributed by atoms with Crippen LogP contribution in [0.15, 0.2) is 6.07 Å². The van der Waals surface area contributed by atoms with E-state index in [0.29, 0.717) is 0 Å². The van der Waals surface area contributed by atoms with Crippen LogP contribution in [0.5, 0.6) is 0 Å². The number of aliphatic hydroxyl groups is 1. The van der Waals surface area contributed by atoms with Crippen LogP contribution >= 0.6 is 0 Å². The van der Waals surface area contributed by atoms with Gasteiger partial charge in [0, 0.05) is 12.6 Å². The van der Waals surface area contributed by atoms with Crippen LogP contribution in [-0.2, 0) is 6.18 Å². The molecule has 0 amide bonds. The molecule has 0 atom stereocenters. The molecule has 0 bridgehead atoms. The Morgan fingerprint density at radius 1 is 1.38 bits per heavy atom. The van der Waals surface area contributed by atoms with Gasteiger partial charge in [0.15, 0.2) is 5.69 Å². The molecule has 0 saturated carbocycles. The Kier molecular flexibility index (Phi) is 3.85. The van der Waals surface area contributed by atoms with Crippen LogP contribution in [0.1, 0.15) is 5.69 Å². The Bertz CT molecular complexity index is 356. The summed E-state index contributed by atoms with van der Waals surface area (Å²) in [6, 6.07) is 0.733. The average Bonchev–Trinajstić information content (AvgIpc) is 2.24. The molecule has 1 aromatic rings. The van der Waals surface area contributed by atoms with Gasteiger partial charge in [0.25, 0.3) is 0 Å². The molecule has 0 spiro atoms. The van der Waals surface area contributed by atoms with Crippen LogP contribution in [0.2, 0.25) is 0 Å². The first-order chi connectivity index (χ1) is 7.47. The van der Waals surface area contributed by atoms with Gasteiger partial charge >= 0.3 is 6.18 Å². The summed E-state index contributed by atoms with van der Waals surface area (Å²) < 4.78 is 37.1. The van der Waals surface area contributed by atoms with Gasteiger partial charge < -0.3 is 10.4 Å². The first-order valence-electron chi connectivity index (χ1n) is 4.25. The molecule has 90 valence electrons. The lowest BCUT2D eigenvalue weighted by atomic mass is 10.4. The zero-order valence-corrected chi connectivity index (χ0v) is 8.04. The number of aliphatic hydroxyl groups excluding tert-OH is 1. The molecule has 0 aliphatic heterocycles. The number of alkyl halides is 3. The number of hydrogen-bond acceptors (Lipinski definition) is 6. The van der Waals surface area contributed by atoms with Gasteiger partial charge in [-0.1, -0.05) is 0 Å². The van der Waals surface area contributed by atoms with Crippen molar-refractivity contribution < 1.29 is 18.3 Å². The predicted octanol–water partition coefficient (Wildman–Crippen LogP) is 0.185. The Hall–Kier alpha value is -1.61. The van der Waals surface area contributed by atoms with Crippen LogP contribution in [-0.4, -0.2) is 28.2 Å². The highest BCUT2D eigenvalue weighted by Crippen LogP contribution is 2.29. The van der Waals surface area contributed by atoms with Gasteiger partial charge in [0.05, 0.1) is 6.61 Å². The van der Waals surface area contributed by atoms with E-state index in [0.717, 1.165) is 6.07 Å². The number of nitrogens with zero attached hydrogens (tertiary/aromatic N) is 2. The van der Waals surface area contributed by atoms with E-state index in [1.54, 1.807) is 0 Å². The molecule has 1 heterocycles. The van der Waals surface area contributed by atoms with E-state index >= 15 is 0 Å². The maximum Gasteiger partial charge on any atom is 0.433 e. The molecule has 0 aliphatic carbocycles. The molecular weight excluding hydrogens is 227 g/mol. The van der Waals surface area contributed by atoms with Crippen molar-refractivity contribution in [2.45, 2.75) is 6.18 Å². The summed E-state index contributed by atoms with van der Waals surface area (Å²) in [6.45, 7) is -0.144. The molecule has 0 saturated heterocycles. The number of nitrogens with two attached hydrogens (primary N) is 1. The molecule has 0 aromatic carbocycles.